The molecule has 0 aromatic carbocycles. The molecular formula is C13H23NO3S. The molecule has 0 radical (unpaired) electrons. The van der Waals surface area contributed by atoms with Crippen LogP contribution in [0.25, 0.3) is 0 Å². The summed E-state index contributed by atoms with van der Waals surface area (Å²) in [5.74, 6) is 0.897. The van der Waals surface area contributed by atoms with E-state index in [0.29, 0.717) is 31.2 Å². The third-order valence-corrected chi connectivity index (χ3v) is 6.94. The van der Waals surface area contributed by atoms with Crippen LogP contribution in [0.4, 0.5) is 0 Å². The highest BCUT2D eigenvalue weighted by atomic mass is 32.2. The maximum Gasteiger partial charge on any atom is 0.214 e. The molecule has 0 amide bonds. The Hall–Kier alpha value is -0.130. The molecule has 3 rings (SSSR count). The summed E-state index contributed by atoms with van der Waals surface area (Å²) in [6, 6.07) is 0. The van der Waals surface area contributed by atoms with Gasteiger partial charge < -0.3 is 5.11 Å². The molecule has 0 aromatic heterocycles. The summed E-state index contributed by atoms with van der Waals surface area (Å²) in [5.41, 5.74) is -0.580. The molecule has 2 aliphatic carbocycles. The van der Waals surface area contributed by atoms with E-state index >= 15 is 0 Å². The Bertz CT molecular complexity index is 418. The van der Waals surface area contributed by atoms with Gasteiger partial charge in [-0.3, -0.25) is 0 Å². The standard InChI is InChI=1S/C13H23NO3S/c15-13-6-2-1-3-12(13)9-14(8-7-13)18(16,17)10-11-4-5-11/h11-12,15H,1-10H2. The van der Waals surface area contributed by atoms with Crippen LogP contribution in [0.3, 0.4) is 0 Å². The Kier molecular flexibility index (Phi) is 3.19. The first kappa shape index (κ1) is 12.9. The van der Waals surface area contributed by atoms with Crippen molar-refractivity contribution in [1.29, 1.82) is 0 Å². The maximum atomic E-state index is 12.3. The smallest absolute Gasteiger partial charge is 0.214 e. The molecule has 3 fully saturated rings. The van der Waals surface area contributed by atoms with E-state index in [1.807, 2.05) is 0 Å². The number of piperidine rings is 1. The SMILES string of the molecule is O=S(=O)(CC1CC1)N1CCC2(O)CCCCC2C1. The van der Waals surface area contributed by atoms with Crippen LogP contribution >= 0.6 is 0 Å². The number of aliphatic hydroxyl groups is 1. The molecule has 1 aliphatic heterocycles. The Labute approximate surface area is 109 Å². The van der Waals surface area contributed by atoms with Crippen LogP contribution in [0.5, 0.6) is 0 Å². The topological polar surface area (TPSA) is 57.6 Å². The van der Waals surface area contributed by atoms with Crippen LogP contribution in [0.15, 0.2) is 0 Å². The van der Waals surface area contributed by atoms with E-state index in [4.69, 9.17) is 0 Å². The van der Waals surface area contributed by atoms with Crippen LogP contribution in [0.2, 0.25) is 0 Å². The van der Waals surface area contributed by atoms with E-state index in [-0.39, 0.29) is 5.92 Å². The minimum Gasteiger partial charge on any atom is -0.390 e. The third-order valence-electron chi connectivity index (χ3n) is 4.93. The van der Waals surface area contributed by atoms with Crippen molar-refractivity contribution < 1.29 is 13.5 Å². The minimum atomic E-state index is -3.08. The second-order valence-corrected chi connectivity index (χ2v) is 8.39. The van der Waals surface area contributed by atoms with Gasteiger partial charge in [-0.1, -0.05) is 12.8 Å². The first-order valence-electron chi connectivity index (χ1n) is 7.20. The van der Waals surface area contributed by atoms with Crippen LogP contribution in [0, 0.1) is 11.8 Å². The average Bonchev–Trinajstić information content (AvgIpc) is 3.10. The maximum absolute atomic E-state index is 12.3. The molecule has 0 bridgehead atoms. The fourth-order valence-corrected chi connectivity index (χ4v) is 5.40. The van der Waals surface area contributed by atoms with E-state index in [1.54, 1.807) is 4.31 Å². The largest absolute Gasteiger partial charge is 0.390 e. The van der Waals surface area contributed by atoms with Gasteiger partial charge in [0.1, 0.15) is 0 Å². The van der Waals surface area contributed by atoms with Gasteiger partial charge in [-0.05, 0) is 38.0 Å². The quantitative estimate of drug-likeness (QED) is 0.844. The summed E-state index contributed by atoms with van der Waals surface area (Å²) in [5, 5.41) is 10.5. The highest BCUT2D eigenvalue weighted by molar-refractivity contribution is 7.89. The molecule has 1 heterocycles. The highest BCUT2D eigenvalue weighted by Crippen LogP contribution is 2.41. The van der Waals surface area contributed by atoms with Gasteiger partial charge in [0.25, 0.3) is 0 Å². The summed E-state index contributed by atoms with van der Waals surface area (Å²) in [7, 11) is -3.08. The van der Waals surface area contributed by atoms with Crippen molar-refractivity contribution in [2.75, 3.05) is 18.8 Å². The number of nitrogens with zero attached hydrogens (tertiary/aromatic N) is 1. The van der Waals surface area contributed by atoms with Gasteiger partial charge in [0, 0.05) is 19.0 Å². The zero-order valence-electron chi connectivity index (χ0n) is 10.8. The summed E-state index contributed by atoms with van der Waals surface area (Å²) < 4.78 is 26.2. The van der Waals surface area contributed by atoms with Gasteiger partial charge in [-0.25, -0.2) is 12.7 Å². The zero-order chi connectivity index (χ0) is 12.8. The molecule has 0 aromatic rings. The van der Waals surface area contributed by atoms with Crippen molar-refractivity contribution in [3.63, 3.8) is 0 Å². The van der Waals surface area contributed by atoms with Crippen molar-refractivity contribution in [1.82, 2.24) is 4.31 Å². The first-order valence-corrected chi connectivity index (χ1v) is 8.81. The predicted molar refractivity (Wildman–Crippen MR) is 69.6 cm³/mol. The van der Waals surface area contributed by atoms with Crippen LogP contribution < -0.4 is 0 Å². The Balaban J connectivity index is 1.69. The summed E-state index contributed by atoms with van der Waals surface area (Å²) in [4.78, 5) is 0. The van der Waals surface area contributed by atoms with Crippen molar-refractivity contribution in [3.05, 3.63) is 0 Å². The Morgan fingerprint density at radius 2 is 1.94 bits per heavy atom. The number of fused-ring (bicyclic) bond motifs is 1. The second-order valence-electron chi connectivity index (χ2n) is 6.38. The number of rotatable bonds is 3. The molecule has 1 N–H and O–H groups in total. The number of sulfonamides is 1. The lowest BCUT2D eigenvalue weighted by Gasteiger charge is -2.46. The lowest BCUT2D eigenvalue weighted by Crippen LogP contribution is -2.55. The molecule has 2 unspecified atom stereocenters. The van der Waals surface area contributed by atoms with E-state index < -0.39 is 15.6 Å². The fourth-order valence-electron chi connectivity index (χ4n) is 3.48. The molecular weight excluding hydrogens is 250 g/mol. The second kappa shape index (κ2) is 4.46. The van der Waals surface area contributed by atoms with E-state index in [9.17, 15) is 13.5 Å². The van der Waals surface area contributed by atoms with Crippen LogP contribution in [-0.4, -0.2) is 42.3 Å². The summed E-state index contributed by atoms with van der Waals surface area (Å²) in [6.07, 6.45) is 6.81. The summed E-state index contributed by atoms with van der Waals surface area (Å²) in [6.45, 7) is 1.06. The molecule has 3 aliphatic rings. The van der Waals surface area contributed by atoms with Crippen molar-refractivity contribution in [3.8, 4) is 0 Å². The van der Waals surface area contributed by atoms with Crippen LogP contribution in [0.1, 0.15) is 44.9 Å². The molecule has 4 nitrogen and oxygen atoms in total. The van der Waals surface area contributed by atoms with E-state index in [1.165, 1.54) is 0 Å². The summed E-state index contributed by atoms with van der Waals surface area (Å²) >= 11 is 0. The van der Waals surface area contributed by atoms with Gasteiger partial charge in [-0.2, -0.15) is 0 Å². The van der Waals surface area contributed by atoms with Crippen molar-refractivity contribution in [2.45, 2.75) is 50.5 Å². The molecule has 2 atom stereocenters. The van der Waals surface area contributed by atoms with Gasteiger partial charge in [0.05, 0.1) is 11.4 Å². The van der Waals surface area contributed by atoms with E-state index in [0.717, 1.165) is 38.5 Å². The molecule has 5 heteroatoms. The molecule has 0 spiro atoms. The van der Waals surface area contributed by atoms with Gasteiger partial charge >= 0.3 is 0 Å². The first-order chi connectivity index (χ1) is 8.50. The Morgan fingerprint density at radius 1 is 1.17 bits per heavy atom. The lowest BCUT2D eigenvalue weighted by molar-refractivity contribution is -0.0816. The molecule has 18 heavy (non-hydrogen) atoms. The average molecular weight is 273 g/mol. The van der Waals surface area contributed by atoms with Crippen LogP contribution in [-0.2, 0) is 10.0 Å². The van der Waals surface area contributed by atoms with Crippen molar-refractivity contribution >= 4 is 10.0 Å². The Morgan fingerprint density at radius 3 is 2.67 bits per heavy atom. The van der Waals surface area contributed by atoms with Crippen molar-refractivity contribution in [2.24, 2.45) is 11.8 Å². The monoisotopic (exact) mass is 273 g/mol. The molecule has 1 saturated heterocycles. The predicted octanol–water partition coefficient (Wildman–Crippen LogP) is 1.35. The molecule has 2 saturated carbocycles. The van der Waals surface area contributed by atoms with Gasteiger partial charge in [-0.15, -0.1) is 0 Å². The minimum absolute atomic E-state index is 0.161. The fraction of sp³-hybridized carbons (Fsp3) is 1.00. The third kappa shape index (κ3) is 2.45. The lowest BCUT2D eigenvalue weighted by atomic mass is 9.72. The van der Waals surface area contributed by atoms with Gasteiger partial charge in [0.2, 0.25) is 10.0 Å². The van der Waals surface area contributed by atoms with Gasteiger partial charge in [0.15, 0.2) is 0 Å². The number of hydrogen-bond acceptors (Lipinski definition) is 3. The zero-order valence-corrected chi connectivity index (χ0v) is 11.7. The highest BCUT2D eigenvalue weighted by Gasteiger charge is 2.45. The molecule has 104 valence electrons. The van der Waals surface area contributed by atoms with E-state index in [2.05, 4.69) is 0 Å². The number of hydrogen-bond donors (Lipinski definition) is 1. The normalized spacial score (nSPS) is 38.4.